The quantitative estimate of drug-likeness (QED) is 0.615. The van der Waals surface area contributed by atoms with Crippen LogP contribution in [0.3, 0.4) is 0 Å². The van der Waals surface area contributed by atoms with Gasteiger partial charge in [-0.25, -0.2) is 4.79 Å². The molecule has 0 unspecified atom stereocenters. The minimum Gasteiger partial charge on any atom is -0.453 e. The molecule has 6 heteroatoms. The molecule has 0 radical (unpaired) electrons. The fourth-order valence-electron chi connectivity index (χ4n) is 2.52. The van der Waals surface area contributed by atoms with E-state index in [1.165, 1.54) is 0 Å². The molecule has 0 fully saturated rings. The van der Waals surface area contributed by atoms with Gasteiger partial charge in [0, 0.05) is 21.3 Å². The number of nitrogens with one attached hydrogen (secondary N) is 1. The smallest absolute Gasteiger partial charge is 0.355 e. The Hall–Kier alpha value is -1.92. The Kier molecular flexibility index (Phi) is 5.38. The van der Waals surface area contributed by atoms with Crippen LogP contribution >= 0.6 is 15.9 Å². The molecule has 2 N–H and O–H groups in total. The Bertz CT molecular complexity index is 732. The van der Waals surface area contributed by atoms with Gasteiger partial charge in [0.1, 0.15) is 5.69 Å². The summed E-state index contributed by atoms with van der Waals surface area (Å²) in [5.74, 6) is -0.884. The van der Waals surface area contributed by atoms with Crippen LogP contribution in [0.2, 0.25) is 0 Å². The third-order valence-corrected chi connectivity index (χ3v) is 4.15. The fourth-order valence-corrected chi connectivity index (χ4v) is 2.78. The molecule has 0 saturated carbocycles. The lowest BCUT2D eigenvalue weighted by Gasteiger charge is -2.06. The number of benzene rings is 1. The lowest BCUT2D eigenvalue weighted by Crippen LogP contribution is -2.15. The van der Waals surface area contributed by atoms with Crippen molar-refractivity contribution in [3.63, 3.8) is 0 Å². The van der Waals surface area contributed by atoms with Crippen molar-refractivity contribution in [2.75, 3.05) is 6.61 Å². The number of ketones is 1. The van der Waals surface area contributed by atoms with Crippen LogP contribution in [0.4, 0.5) is 0 Å². The number of rotatable bonds is 5. The first-order valence-corrected chi connectivity index (χ1v) is 7.93. The predicted octanol–water partition coefficient (Wildman–Crippen LogP) is 3.49. The number of aromatic nitrogens is 1. The number of H-pyrrole nitrogens is 1. The largest absolute Gasteiger partial charge is 0.453 e. The third kappa shape index (κ3) is 3.89. The first-order valence-electron chi connectivity index (χ1n) is 7.14. The van der Waals surface area contributed by atoms with E-state index in [9.17, 15) is 14.7 Å². The highest BCUT2D eigenvalue weighted by atomic mass is 79.9. The highest BCUT2D eigenvalue weighted by Crippen LogP contribution is 2.24. The third-order valence-electron chi connectivity index (χ3n) is 3.62. The monoisotopic (exact) mass is 379 g/mol. The normalized spacial score (nSPS) is 12.0. The van der Waals surface area contributed by atoms with Crippen molar-refractivity contribution in [1.29, 1.82) is 0 Å². The van der Waals surface area contributed by atoms with Crippen molar-refractivity contribution in [3.05, 3.63) is 56.8 Å². The Morgan fingerprint density at radius 2 is 1.87 bits per heavy atom. The number of carbonyl (C=O) groups is 2. The molecule has 2 aromatic rings. The molecule has 0 spiro atoms. The van der Waals surface area contributed by atoms with E-state index in [0.29, 0.717) is 22.4 Å². The van der Waals surface area contributed by atoms with Crippen molar-refractivity contribution in [2.45, 2.75) is 26.9 Å². The summed E-state index contributed by atoms with van der Waals surface area (Å²) in [6.45, 7) is 4.81. The minimum absolute atomic E-state index is 0.266. The number of Topliss-reactive ketones (excluding diaryl/α,β-unsaturated/α-hetero) is 1. The van der Waals surface area contributed by atoms with Crippen LogP contribution in [0.15, 0.2) is 28.7 Å². The molecule has 1 aromatic heterocycles. The van der Waals surface area contributed by atoms with Gasteiger partial charge in [0.2, 0.25) is 0 Å². The Morgan fingerprint density at radius 3 is 2.39 bits per heavy atom. The number of hydrogen-bond acceptors (Lipinski definition) is 4. The second kappa shape index (κ2) is 7.10. The van der Waals surface area contributed by atoms with Gasteiger partial charge >= 0.3 is 5.97 Å². The van der Waals surface area contributed by atoms with E-state index in [1.807, 2.05) is 0 Å². The van der Waals surface area contributed by atoms with Crippen LogP contribution < -0.4 is 0 Å². The summed E-state index contributed by atoms with van der Waals surface area (Å²) in [4.78, 5) is 27.1. The molecule has 0 bridgehead atoms. The van der Waals surface area contributed by atoms with E-state index >= 15 is 0 Å². The van der Waals surface area contributed by atoms with Crippen molar-refractivity contribution in [1.82, 2.24) is 4.98 Å². The number of ether oxygens (including phenoxy) is 1. The summed E-state index contributed by atoms with van der Waals surface area (Å²) in [6.07, 6.45) is -0.683. The highest BCUT2D eigenvalue weighted by molar-refractivity contribution is 9.10. The van der Waals surface area contributed by atoms with E-state index < -0.39 is 12.1 Å². The molecule has 1 aromatic carbocycles. The molecular weight excluding hydrogens is 362 g/mol. The summed E-state index contributed by atoms with van der Waals surface area (Å²) < 4.78 is 5.96. The Labute approximate surface area is 142 Å². The van der Waals surface area contributed by atoms with E-state index in [-0.39, 0.29) is 18.1 Å². The summed E-state index contributed by atoms with van der Waals surface area (Å²) in [7, 11) is 0. The number of aromatic amines is 1. The molecule has 5 nitrogen and oxygen atoms in total. The number of hydrogen-bond donors (Lipinski definition) is 2. The van der Waals surface area contributed by atoms with E-state index in [0.717, 1.165) is 4.47 Å². The number of aryl methyl sites for hydroxylation is 1. The second-order valence-electron chi connectivity index (χ2n) is 5.35. The SMILES string of the molecule is Cc1[nH]c(C(=O)OCC(=O)c2ccc(Br)cc2)c(C)c1[C@H](C)O. The van der Waals surface area contributed by atoms with Gasteiger partial charge in [-0.2, -0.15) is 0 Å². The molecule has 0 aliphatic carbocycles. The zero-order valence-electron chi connectivity index (χ0n) is 13.1. The number of carbonyl (C=O) groups excluding carboxylic acids is 2. The maximum absolute atomic E-state index is 12.1. The van der Waals surface area contributed by atoms with Crippen LogP contribution in [0.25, 0.3) is 0 Å². The minimum atomic E-state index is -0.683. The van der Waals surface area contributed by atoms with Gasteiger partial charge in [0.15, 0.2) is 12.4 Å². The van der Waals surface area contributed by atoms with Crippen molar-refractivity contribution in [3.8, 4) is 0 Å². The summed E-state index contributed by atoms with van der Waals surface area (Å²) in [5.41, 5.74) is 2.77. The summed E-state index contributed by atoms with van der Waals surface area (Å²) in [5, 5.41) is 9.74. The first-order chi connectivity index (χ1) is 10.8. The van der Waals surface area contributed by atoms with Gasteiger partial charge in [0.05, 0.1) is 6.10 Å². The molecule has 23 heavy (non-hydrogen) atoms. The van der Waals surface area contributed by atoms with E-state index in [4.69, 9.17) is 4.74 Å². The van der Waals surface area contributed by atoms with Gasteiger partial charge in [0.25, 0.3) is 0 Å². The van der Waals surface area contributed by atoms with Gasteiger partial charge < -0.3 is 14.8 Å². The number of aliphatic hydroxyl groups excluding tert-OH is 1. The number of aliphatic hydroxyl groups is 1. The first kappa shape index (κ1) is 17.4. The van der Waals surface area contributed by atoms with Crippen LogP contribution in [0.1, 0.15) is 50.7 Å². The fraction of sp³-hybridized carbons (Fsp3) is 0.294. The zero-order chi connectivity index (χ0) is 17.1. The maximum Gasteiger partial charge on any atom is 0.355 e. The van der Waals surface area contributed by atoms with Gasteiger partial charge in [-0.3, -0.25) is 4.79 Å². The lowest BCUT2D eigenvalue weighted by atomic mass is 10.1. The topological polar surface area (TPSA) is 79.4 Å². The molecule has 0 aliphatic heterocycles. The molecule has 0 saturated heterocycles. The van der Waals surface area contributed by atoms with Crippen LogP contribution in [0.5, 0.6) is 0 Å². The van der Waals surface area contributed by atoms with Gasteiger partial charge in [-0.05, 0) is 38.5 Å². The maximum atomic E-state index is 12.1. The summed E-state index contributed by atoms with van der Waals surface area (Å²) >= 11 is 3.29. The average molecular weight is 380 g/mol. The van der Waals surface area contributed by atoms with Gasteiger partial charge in [-0.15, -0.1) is 0 Å². The second-order valence-corrected chi connectivity index (χ2v) is 6.26. The molecular formula is C17H18BrNO4. The molecule has 0 amide bonds. The predicted molar refractivity (Wildman–Crippen MR) is 89.7 cm³/mol. The summed E-state index contributed by atoms with van der Waals surface area (Å²) in [6, 6.07) is 6.83. The Balaban J connectivity index is 2.07. The van der Waals surface area contributed by atoms with Crippen molar-refractivity contribution >= 4 is 27.7 Å². The van der Waals surface area contributed by atoms with Crippen molar-refractivity contribution < 1.29 is 19.4 Å². The molecule has 2 rings (SSSR count). The van der Waals surface area contributed by atoms with Crippen molar-refractivity contribution in [2.24, 2.45) is 0 Å². The van der Waals surface area contributed by atoms with Crippen LogP contribution in [-0.4, -0.2) is 28.4 Å². The number of halogens is 1. The van der Waals surface area contributed by atoms with Crippen LogP contribution in [0, 0.1) is 13.8 Å². The average Bonchev–Trinajstić information content (AvgIpc) is 2.80. The van der Waals surface area contributed by atoms with E-state index in [1.54, 1.807) is 45.0 Å². The molecule has 122 valence electrons. The lowest BCUT2D eigenvalue weighted by molar-refractivity contribution is 0.0468. The van der Waals surface area contributed by atoms with Crippen LogP contribution in [-0.2, 0) is 4.74 Å². The molecule has 1 atom stereocenters. The highest BCUT2D eigenvalue weighted by Gasteiger charge is 2.21. The molecule has 1 heterocycles. The van der Waals surface area contributed by atoms with Gasteiger partial charge in [-0.1, -0.05) is 28.1 Å². The standard InChI is InChI=1S/C17H18BrNO4/c1-9-15(11(3)20)10(2)19-16(9)17(22)23-8-14(21)12-4-6-13(18)7-5-12/h4-7,11,19-20H,8H2,1-3H3/t11-/m0/s1. The Morgan fingerprint density at radius 1 is 1.26 bits per heavy atom. The zero-order valence-corrected chi connectivity index (χ0v) is 14.7. The number of esters is 1. The van der Waals surface area contributed by atoms with E-state index in [2.05, 4.69) is 20.9 Å². The molecule has 0 aliphatic rings.